The van der Waals surface area contributed by atoms with Crippen LogP contribution in [0.15, 0.2) is 35.9 Å². The van der Waals surface area contributed by atoms with Gasteiger partial charge in [-0.1, -0.05) is 37.6 Å². The van der Waals surface area contributed by atoms with E-state index in [1.807, 2.05) is 12.1 Å². The molecule has 0 amide bonds. The monoisotopic (exact) mass is 537 g/mol. The number of fused-ring (bicyclic) bond motifs is 5. The molecule has 5 aliphatic rings. The van der Waals surface area contributed by atoms with Crippen molar-refractivity contribution in [2.45, 2.75) is 89.8 Å². The minimum atomic E-state index is -0.748. The first-order valence-electron chi connectivity index (χ1n) is 15.9. The summed E-state index contributed by atoms with van der Waals surface area (Å²) in [6, 6.07) is 8.21. The zero-order valence-electron chi connectivity index (χ0n) is 24.6. The fourth-order valence-corrected chi connectivity index (χ4v) is 9.70. The maximum absolute atomic E-state index is 12.2. The average molecular weight is 538 g/mol. The number of nitrogens with zero attached hydrogens (tertiary/aromatic N) is 1. The molecule has 0 aromatic heterocycles. The zero-order valence-corrected chi connectivity index (χ0v) is 24.6. The Hall–Kier alpha value is -1.40. The van der Waals surface area contributed by atoms with Crippen LogP contribution in [0.5, 0.6) is 5.75 Å². The average Bonchev–Trinajstić information content (AvgIpc) is 3.57. The van der Waals surface area contributed by atoms with Crippen LogP contribution in [0.4, 0.5) is 0 Å². The van der Waals surface area contributed by atoms with Gasteiger partial charge in [0.1, 0.15) is 5.75 Å². The van der Waals surface area contributed by atoms with Crippen LogP contribution in [-0.4, -0.2) is 62.7 Å². The Morgan fingerprint density at radius 3 is 2.46 bits per heavy atom. The van der Waals surface area contributed by atoms with E-state index in [2.05, 4.69) is 37.0 Å². The number of aliphatic hydroxyl groups is 1. The van der Waals surface area contributed by atoms with Gasteiger partial charge in [-0.05, 0) is 118 Å². The standard InChI is InChI=1S/C34H51NO4/c1-32-15-12-28(39-23-22-38-21-20-35-18-4-5-19-35)24-26(32)8-11-29-30(32)13-16-33(2)31(29)14-17-34(33,36)25-6-9-27(37-3)10-7-25/h6-10,28-31,36H,4-5,11-24H2,1-3H3/t28?,29-,30-,31+,32+,33+,34?/m1/s1. The Morgan fingerprint density at radius 1 is 0.923 bits per heavy atom. The van der Waals surface area contributed by atoms with Gasteiger partial charge in [-0.25, -0.2) is 0 Å². The van der Waals surface area contributed by atoms with Crippen molar-refractivity contribution in [2.24, 2.45) is 28.6 Å². The van der Waals surface area contributed by atoms with Crippen molar-refractivity contribution in [3.8, 4) is 5.75 Å². The third-order valence-corrected chi connectivity index (χ3v) is 12.1. The maximum Gasteiger partial charge on any atom is 0.118 e. The minimum absolute atomic E-state index is 0.0699. The number of likely N-dealkylation sites (tertiary alicyclic amines) is 1. The van der Waals surface area contributed by atoms with E-state index >= 15 is 0 Å². The van der Waals surface area contributed by atoms with Gasteiger partial charge in [-0.2, -0.15) is 0 Å². The molecule has 2 unspecified atom stereocenters. The van der Waals surface area contributed by atoms with Gasteiger partial charge < -0.3 is 24.2 Å². The lowest BCUT2D eigenvalue weighted by Gasteiger charge is -2.59. The first kappa shape index (κ1) is 27.8. The molecule has 1 aromatic carbocycles. The van der Waals surface area contributed by atoms with Crippen molar-refractivity contribution in [1.82, 2.24) is 4.90 Å². The Bertz CT molecular complexity index is 1020. The summed E-state index contributed by atoms with van der Waals surface area (Å²) in [5, 5.41) is 12.2. The summed E-state index contributed by atoms with van der Waals surface area (Å²) in [5.41, 5.74) is 2.20. The smallest absolute Gasteiger partial charge is 0.118 e. The molecule has 1 aliphatic heterocycles. The first-order valence-corrected chi connectivity index (χ1v) is 15.9. The largest absolute Gasteiger partial charge is 0.497 e. The third kappa shape index (κ3) is 4.90. The lowest BCUT2D eigenvalue weighted by Crippen LogP contribution is -2.53. The lowest BCUT2D eigenvalue weighted by molar-refractivity contribution is -0.130. The van der Waals surface area contributed by atoms with Gasteiger partial charge in [0, 0.05) is 12.0 Å². The van der Waals surface area contributed by atoms with E-state index < -0.39 is 5.60 Å². The molecule has 216 valence electrons. The van der Waals surface area contributed by atoms with Crippen molar-refractivity contribution < 1.29 is 19.3 Å². The molecule has 5 nitrogen and oxygen atoms in total. The van der Waals surface area contributed by atoms with E-state index in [0.717, 1.165) is 62.5 Å². The summed E-state index contributed by atoms with van der Waals surface area (Å²) in [4.78, 5) is 2.50. The fourth-order valence-electron chi connectivity index (χ4n) is 9.70. The molecule has 0 bridgehead atoms. The molecular formula is C34H51NO4. The molecule has 4 aliphatic carbocycles. The first-order chi connectivity index (χ1) is 18.9. The van der Waals surface area contributed by atoms with Gasteiger partial charge in [-0.15, -0.1) is 0 Å². The van der Waals surface area contributed by atoms with Crippen LogP contribution < -0.4 is 4.74 Å². The predicted octanol–water partition coefficient (Wildman–Crippen LogP) is 6.34. The van der Waals surface area contributed by atoms with E-state index in [9.17, 15) is 5.11 Å². The molecule has 3 saturated carbocycles. The molecule has 1 N–H and O–H groups in total. The molecule has 6 rings (SSSR count). The highest BCUT2D eigenvalue weighted by molar-refractivity contribution is 5.35. The van der Waals surface area contributed by atoms with Crippen molar-refractivity contribution in [3.63, 3.8) is 0 Å². The lowest BCUT2D eigenvalue weighted by atomic mass is 9.46. The van der Waals surface area contributed by atoms with E-state index in [0.29, 0.717) is 31.2 Å². The molecule has 4 fully saturated rings. The number of benzene rings is 1. The summed E-state index contributed by atoms with van der Waals surface area (Å²) < 4.78 is 17.6. The van der Waals surface area contributed by atoms with Crippen molar-refractivity contribution >= 4 is 0 Å². The Kier molecular flexibility index (Phi) is 7.91. The summed E-state index contributed by atoms with van der Waals surface area (Å²) in [5.74, 6) is 2.83. The van der Waals surface area contributed by atoms with Gasteiger partial charge in [0.2, 0.25) is 0 Å². The van der Waals surface area contributed by atoms with Crippen LogP contribution in [-0.2, 0) is 15.1 Å². The van der Waals surface area contributed by atoms with Crippen LogP contribution >= 0.6 is 0 Å². The summed E-state index contributed by atoms with van der Waals surface area (Å²) in [6.07, 6.45) is 14.6. The van der Waals surface area contributed by atoms with E-state index in [4.69, 9.17) is 14.2 Å². The number of hydrogen-bond donors (Lipinski definition) is 1. The van der Waals surface area contributed by atoms with Crippen LogP contribution in [0.25, 0.3) is 0 Å². The van der Waals surface area contributed by atoms with Crippen LogP contribution in [0.3, 0.4) is 0 Å². The normalized spacial score (nSPS) is 40.1. The summed E-state index contributed by atoms with van der Waals surface area (Å²) in [6.45, 7) is 10.7. The van der Waals surface area contributed by atoms with Crippen molar-refractivity contribution in [3.05, 3.63) is 41.5 Å². The highest BCUT2D eigenvalue weighted by Gasteiger charge is 2.64. The number of rotatable bonds is 9. The highest BCUT2D eigenvalue weighted by Crippen LogP contribution is 2.69. The zero-order chi connectivity index (χ0) is 27.1. The number of hydrogen-bond acceptors (Lipinski definition) is 5. The molecule has 1 aromatic rings. The molecule has 5 heteroatoms. The Labute approximate surface area is 236 Å². The molecule has 7 atom stereocenters. The number of ether oxygens (including phenoxy) is 3. The number of methoxy groups -OCH3 is 1. The maximum atomic E-state index is 12.2. The van der Waals surface area contributed by atoms with Gasteiger partial charge in [0.25, 0.3) is 0 Å². The van der Waals surface area contributed by atoms with Gasteiger partial charge >= 0.3 is 0 Å². The molecule has 0 spiro atoms. The van der Waals surface area contributed by atoms with Gasteiger partial charge in [0.15, 0.2) is 0 Å². The van der Waals surface area contributed by atoms with Crippen LogP contribution in [0.1, 0.15) is 83.6 Å². The molecule has 1 heterocycles. The second-order valence-electron chi connectivity index (χ2n) is 13.7. The summed E-state index contributed by atoms with van der Waals surface area (Å²) >= 11 is 0. The van der Waals surface area contributed by atoms with Gasteiger partial charge in [-0.3, -0.25) is 0 Å². The quantitative estimate of drug-likeness (QED) is 0.294. The Morgan fingerprint density at radius 2 is 1.69 bits per heavy atom. The van der Waals surface area contributed by atoms with E-state index in [-0.39, 0.29) is 10.8 Å². The van der Waals surface area contributed by atoms with E-state index in [1.54, 1.807) is 12.7 Å². The summed E-state index contributed by atoms with van der Waals surface area (Å²) in [7, 11) is 1.70. The second kappa shape index (κ2) is 11.1. The Balaban J connectivity index is 1.06. The van der Waals surface area contributed by atoms with Gasteiger partial charge in [0.05, 0.1) is 38.6 Å². The minimum Gasteiger partial charge on any atom is -0.497 e. The van der Waals surface area contributed by atoms with Crippen molar-refractivity contribution in [2.75, 3.05) is 46.6 Å². The highest BCUT2D eigenvalue weighted by atomic mass is 16.5. The fraction of sp³-hybridized carbons (Fsp3) is 0.765. The van der Waals surface area contributed by atoms with Crippen LogP contribution in [0, 0.1) is 28.6 Å². The number of allylic oxidation sites excluding steroid dienone is 1. The predicted molar refractivity (Wildman–Crippen MR) is 155 cm³/mol. The second-order valence-corrected chi connectivity index (χ2v) is 13.7. The molecule has 39 heavy (non-hydrogen) atoms. The van der Waals surface area contributed by atoms with Crippen LogP contribution in [0.2, 0.25) is 0 Å². The van der Waals surface area contributed by atoms with E-state index in [1.165, 1.54) is 45.2 Å². The SMILES string of the molecule is COc1ccc(C2(O)CC[C@H]3[C@@H]4CC=C5CC(OCCOCCN6CCCC6)CC[C@]5(C)[C@@H]4CC[C@@]32C)cc1. The molecule has 0 radical (unpaired) electrons. The molecular weight excluding hydrogens is 486 g/mol. The topological polar surface area (TPSA) is 51.2 Å². The van der Waals surface area contributed by atoms with Crippen molar-refractivity contribution in [1.29, 1.82) is 0 Å². The third-order valence-electron chi connectivity index (χ3n) is 12.1. The molecule has 1 saturated heterocycles.